The first-order chi connectivity index (χ1) is 14.0. The molecule has 30 heavy (non-hydrogen) atoms. The van der Waals surface area contributed by atoms with Crippen molar-refractivity contribution in [2.75, 3.05) is 16.2 Å². The summed E-state index contributed by atoms with van der Waals surface area (Å²) in [4.78, 5) is 14.8. The Morgan fingerprint density at radius 3 is 2.10 bits per heavy atom. The van der Waals surface area contributed by atoms with E-state index in [4.69, 9.17) is 0 Å². The zero-order chi connectivity index (χ0) is 22.4. The molecule has 2 aromatic rings. The van der Waals surface area contributed by atoms with Gasteiger partial charge in [-0.1, -0.05) is 19.9 Å². The molecule has 0 unspecified atom stereocenters. The molecular weight excluding hydrogens is 396 g/mol. The minimum absolute atomic E-state index is 0.0624. The van der Waals surface area contributed by atoms with Gasteiger partial charge in [-0.3, -0.25) is 9.52 Å². The van der Waals surface area contributed by atoms with E-state index < -0.39 is 10.0 Å². The van der Waals surface area contributed by atoms with Gasteiger partial charge in [-0.25, -0.2) is 8.42 Å². The zero-order valence-corrected chi connectivity index (χ0v) is 19.8. The minimum Gasteiger partial charge on any atom is -0.312 e. The summed E-state index contributed by atoms with van der Waals surface area (Å²) in [6.45, 7) is 14.1. The number of carbonyl (C=O) groups excluding carboxylic acids is 1. The summed E-state index contributed by atoms with van der Waals surface area (Å²) in [6.07, 6.45) is 1.80. The van der Waals surface area contributed by atoms with Crippen LogP contribution in [-0.4, -0.2) is 20.9 Å². The van der Waals surface area contributed by atoms with Crippen LogP contribution in [-0.2, 0) is 21.2 Å². The third-order valence-corrected chi connectivity index (χ3v) is 8.07. The lowest BCUT2D eigenvalue weighted by Crippen LogP contribution is -2.38. The Bertz CT molecular complexity index is 1090. The smallest absolute Gasteiger partial charge is 0.262 e. The van der Waals surface area contributed by atoms with E-state index in [2.05, 4.69) is 4.72 Å². The lowest BCUT2D eigenvalue weighted by atomic mass is 9.95. The van der Waals surface area contributed by atoms with E-state index in [1.54, 1.807) is 17.0 Å². The highest BCUT2D eigenvalue weighted by Crippen LogP contribution is 2.34. The second-order valence-electron chi connectivity index (χ2n) is 8.65. The number of amides is 1. The second-order valence-corrected chi connectivity index (χ2v) is 10.3. The Kier molecular flexibility index (Phi) is 6.01. The van der Waals surface area contributed by atoms with Crippen LogP contribution in [0.25, 0.3) is 0 Å². The molecule has 0 spiro atoms. The van der Waals surface area contributed by atoms with Crippen molar-refractivity contribution >= 4 is 27.3 Å². The van der Waals surface area contributed by atoms with Crippen LogP contribution in [0.4, 0.5) is 11.4 Å². The number of carbonyl (C=O) groups is 1. The van der Waals surface area contributed by atoms with Crippen molar-refractivity contribution in [3.05, 3.63) is 51.6 Å². The summed E-state index contributed by atoms with van der Waals surface area (Å²) in [5.41, 5.74) is 7.04. The standard InChI is InChI=1S/C24H32N2O3S/c1-14(2)24(27)26-12-8-9-20-10-11-21(13-22(20)26)25-30(28,29)23-18(6)16(4)15(3)17(5)19(23)7/h10-11,13-14,25H,8-9,12H2,1-7H3. The van der Waals surface area contributed by atoms with Crippen molar-refractivity contribution in [3.8, 4) is 0 Å². The van der Waals surface area contributed by atoms with Crippen LogP contribution in [0.15, 0.2) is 23.1 Å². The van der Waals surface area contributed by atoms with E-state index in [0.717, 1.165) is 51.9 Å². The van der Waals surface area contributed by atoms with Crippen LogP contribution in [0.2, 0.25) is 0 Å². The Balaban J connectivity index is 2.04. The number of sulfonamides is 1. The van der Waals surface area contributed by atoms with E-state index in [0.29, 0.717) is 17.1 Å². The average molecular weight is 429 g/mol. The Morgan fingerprint density at radius 1 is 0.967 bits per heavy atom. The monoisotopic (exact) mass is 428 g/mol. The van der Waals surface area contributed by atoms with Crippen molar-refractivity contribution in [1.82, 2.24) is 0 Å². The maximum atomic E-state index is 13.4. The topological polar surface area (TPSA) is 66.5 Å². The molecule has 162 valence electrons. The fourth-order valence-electron chi connectivity index (χ4n) is 4.25. The Morgan fingerprint density at radius 2 is 1.53 bits per heavy atom. The molecule has 1 aliphatic rings. The van der Waals surface area contributed by atoms with Gasteiger partial charge in [-0.2, -0.15) is 0 Å². The largest absolute Gasteiger partial charge is 0.312 e. The lowest BCUT2D eigenvalue weighted by molar-refractivity contribution is -0.121. The fourth-order valence-corrected chi connectivity index (χ4v) is 5.91. The van der Waals surface area contributed by atoms with Crippen LogP contribution in [0.1, 0.15) is 53.6 Å². The van der Waals surface area contributed by atoms with Crippen molar-refractivity contribution in [2.45, 2.75) is 66.2 Å². The normalized spacial score (nSPS) is 14.1. The summed E-state index contributed by atoms with van der Waals surface area (Å²) < 4.78 is 29.5. The number of aryl methyl sites for hydroxylation is 1. The first-order valence-corrected chi connectivity index (χ1v) is 12.0. The maximum Gasteiger partial charge on any atom is 0.262 e. The van der Waals surface area contributed by atoms with Gasteiger partial charge in [0, 0.05) is 18.2 Å². The molecule has 0 saturated carbocycles. The van der Waals surface area contributed by atoms with Crippen LogP contribution in [0.3, 0.4) is 0 Å². The molecule has 0 saturated heterocycles. The number of anilines is 2. The van der Waals surface area contributed by atoms with E-state index in [1.165, 1.54) is 0 Å². The average Bonchev–Trinajstić information content (AvgIpc) is 2.69. The SMILES string of the molecule is Cc1c(C)c(C)c(S(=O)(=O)Nc2ccc3c(c2)N(C(=O)C(C)C)CCC3)c(C)c1C. The molecule has 5 nitrogen and oxygen atoms in total. The Labute approximate surface area is 180 Å². The molecule has 1 amide bonds. The van der Waals surface area contributed by atoms with E-state index >= 15 is 0 Å². The molecule has 3 rings (SSSR count). The molecule has 0 atom stereocenters. The highest BCUT2D eigenvalue weighted by atomic mass is 32.2. The molecule has 0 bridgehead atoms. The quantitative estimate of drug-likeness (QED) is 0.748. The van der Waals surface area contributed by atoms with Gasteiger partial charge in [0.15, 0.2) is 0 Å². The summed E-state index contributed by atoms with van der Waals surface area (Å²) in [7, 11) is -3.77. The molecular formula is C24H32N2O3S. The molecule has 0 radical (unpaired) electrons. The zero-order valence-electron chi connectivity index (χ0n) is 19.0. The summed E-state index contributed by atoms with van der Waals surface area (Å²) in [5.74, 6) is -0.0486. The van der Waals surface area contributed by atoms with Gasteiger partial charge in [0.1, 0.15) is 0 Å². The third-order valence-electron chi connectivity index (χ3n) is 6.42. The lowest BCUT2D eigenvalue weighted by Gasteiger charge is -2.31. The van der Waals surface area contributed by atoms with Crippen LogP contribution in [0, 0.1) is 40.5 Å². The molecule has 1 N–H and O–H groups in total. The van der Waals surface area contributed by atoms with Gasteiger partial charge >= 0.3 is 0 Å². The van der Waals surface area contributed by atoms with Crippen molar-refractivity contribution in [3.63, 3.8) is 0 Å². The first-order valence-electron chi connectivity index (χ1n) is 10.5. The predicted molar refractivity (Wildman–Crippen MR) is 123 cm³/mol. The van der Waals surface area contributed by atoms with Crippen molar-refractivity contribution in [1.29, 1.82) is 0 Å². The molecule has 0 fully saturated rings. The minimum atomic E-state index is -3.77. The van der Waals surface area contributed by atoms with Gasteiger partial charge in [-0.05, 0) is 93.0 Å². The van der Waals surface area contributed by atoms with Gasteiger partial charge < -0.3 is 4.90 Å². The maximum absolute atomic E-state index is 13.4. The highest BCUT2D eigenvalue weighted by Gasteiger charge is 2.27. The van der Waals surface area contributed by atoms with E-state index in [9.17, 15) is 13.2 Å². The van der Waals surface area contributed by atoms with Crippen LogP contribution >= 0.6 is 0 Å². The van der Waals surface area contributed by atoms with Crippen LogP contribution < -0.4 is 9.62 Å². The van der Waals surface area contributed by atoms with Gasteiger partial charge in [0.25, 0.3) is 10.0 Å². The fraction of sp³-hybridized carbons (Fsp3) is 0.458. The molecule has 6 heteroatoms. The number of benzene rings is 2. The Hall–Kier alpha value is -2.34. The van der Waals surface area contributed by atoms with Crippen molar-refractivity contribution < 1.29 is 13.2 Å². The molecule has 1 aliphatic heterocycles. The number of fused-ring (bicyclic) bond motifs is 1. The predicted octanol–water partition coefficient (Wildman–Crippen LogP) is 4.96. The van der Waals surface area contributed by atoms with E-state index in [-0.39, 0.29) is 11.8 Å². The van der Waals surface area contributed by atoms with E-state index in [1.807, 2.05) is 54.5 Å². The van der Waals surface area contributed by atoms with Crippen LogP contribution in [0.5, 0.6) is 0 Å². The summed E-state index contributed by atoms with van der Waals surface area (Å²) in [5, 5.41) is 0. The number of hydrogen-bond acceptors (Lipinski definition) is 3. The number of nitrogens with one attached hydrogen (secondary N) is 1. The molecule has 2 aromatic carbocycles. The van der Waals surface area contributed by atoms with Crippen molar-refractivity contribution in [2.24, 2.45) is 5.92 Å². The summed E-state index contributed by atoms with van der Waals surface area (Å²) in [6, 6.07) is 5.52. The van der Waals surface area contributed by atoms with Gasteiger partial charge in [0.05, 0.1) is 10.6 Å². The van der Waals surface area contributed by atoms with Gasteiger partial charge in [0.2, 0.25) is 5.91 Å². The number of nitrogens with zero attached hydrogens (tertiary/aromatic N) is 1. The molecule has 1 heterocycles. The molecule has 0 aliphatic carbocycles. The summed E-state index contributed by atoms with van der Waals surface area (Å²) >= 11 is 0. The number of hydrogen-bond donors (Lipinski definition) is 1. The molecule has 0 aromatic heterocycles. The first kappa shape index (κ1) is 22.3. The second kappa shape index (κ2) is 8.06. The number of rotatable bonds is 4. The van der Waals surface area contributed by atoms with Gasteiger partial charge in [-0.15, -0.1) is 0 Å². The highest BCUT2D eigenvalue weighted by molar-refractivity contribution is 7.92. The third kappa shape index (κ3) is 3.85.